The smallest absolute Gasteiger partial charge is 0.220 e. The zero-order valence-corrected chi connectivity index (χ0v) is 39.5. The maximum atomic E-state index is 12.4. The molecule has 0 radical (unpaired) electrons. The summed E-state index contributed by atoms with van der Waals surface area (Å²) in [6.07, 6.45) is 70.9. The van der Waals surface area contributed by atoms with E-state index in [2.05, 4.69) is 67.8 Å². The predicted octanol–water partition coefficient (Wildman–Crippen LogP) is 16.9. The summed E-state index contributed by atoms with van der Waals surface area (Å²) in [6.45, 7) is 4.20. The first kappa shape index (κ1) is 57.1. The molecule has 0 rings (SSSR count). The molecule has 0 aliphatic rings. The first-order valence-electron chi connectivity index (χ1n) is 26.0. The number of allylic oxidation sites excluding steroid dienone is 9. The second-order valence-corrected chi connectivity index (χ2v) is 17.6. The fraction of sp³-hybridized carbons (Fsp3) is 0.800. The zero-order chi connectivity index (χ0) is 42.8. The maximum absolute atomic E-state index is 12.4. The van der Waals surface area contributed by atoms with Gasteiger partial charge < -0.3 is 15.5 Å². The van der Waals surface area contributed by atoms with Gasteiger partial charge in [0, 0.05) is 6.42 Å². The standard InChI is InChI=1S/C55H101NO3/c1-3-5-7-9-11-13-15-17-18-19-20-21-22-23-24-25-26-27-28-29-30-31-32-33-34-35-36-37-38-39-41-43-45-47-49-51-55(59)56-53(52-57)54(58)50-48-46-44-42-40-16-14-12-10-8-6-4-2/h5,7,11,13,17-18,20-21,48,50,53-54,57-58H,3-4,6,8-10,12,14-16,19,22-47,49,51-52H2,1-2H3,(H,56,59)/b7-5-,13-11-,18-17-,21-20-,50-48+. The summed E-state index contributed by atoms with van der Waals surface area (Å²) in [5.41, 5.74) is 0. The van der Waals surface area contributed by atoms with Gasteiger partial charge in [0.1, 0.15) is 0 Å². The molecule has 4 heteroatoms. The van der Waals surface area contributed by atoms with E-state index in [1.807, 2.05) is 6.08 Å². The van der Waals surface area contributed by atoms with Crippen LogP contribution in [0.1, 0.15) is 264 Å². The molecule has 344 valence electrons. The van der Waals surface area contributed by atoms with Crippen molar-refractivity contribution in [2.75, 3.05) is 6.61 Å². The lowest BCUT2D eigenvalue weighted by molar-refractivity contribution is -0.123. The Morgan fingerprint density at radius 3 is 1.12 bits per heavy atom. The molecule has 0 spiro atoms. The average Bonchev–Trinajstić information content (AvgIpc) is 3.24. The summed E-state index contributed by atoms with van der Waals surface area (Å²) in [5, 5.41) is 23.0. The molecule has 0 aliphatic heterocycles. The number of nitrogens with one attached hydrogen (secondary N) is 1. The molecule has 2 unspecified atom stereocenters. The van der Waals surface area contributed by atoms with E-state index in [1.165, 1.54) is 193 Å². The summed E-state index contributed by atoms with van der Waals surface area (Å²) in [4.78, 5) is 12.4. The van der Waals surface area contributed by atoms with Crippen molar-refractivity contribution in [3.63, 3.8) is 0 Å². The van der Waals surface area contributed by atoms with Crippen molar-refractivity contribution in [1.82, 2.24) is 5.32 Å². The molecule has 2 atom stereocenters. The highest BCUT2D eigenvalue weighted by molar-refractivity contribution is 5.76. The van der Waals surface area contributed by atoms with E-state index in [4.69, 9.17) is 0 Å². The second kappa shape index (κ2) is 50.4. The van der Waals surface area contributed by atoms with Gasteiger partial charge in [0.25, 0.3) is 0 Å². The van der Waals surface area contributed by atoms with Crippen LogP contribution in [0.5, 0.6) is 0 Å². The quantitative estimate of drug-likeness (QED) is 0.0423. The van der Waals surface area contributed by atoms with Crippen molar-refractivity contribution >= 4 is 5.91 Å². The lowest BCUT2D eigenvalue weighted by Gasteiger charge is -2.20. The summed E-state index contributed by atoms with van der Waals surface area (Å²) >= 11 is 0. The minimum atomic E-state index is -0.837. The molecule has 4 nitrogen and oxygen atoms in total. The third-order valence-corrected chi connectivity index (χ3v) is 11.8. The monoisotopic (exact) mass is 824 g/mol. The topological polar surface area (TPSA) is 69.6 Å². The van der Waals surface area contributed by atoms with Crippen LogP contribution in [0.3, 0.4) is 0 Å². The van der Waals surface area contributed by atoms with Gasteiger partial charge in [-0.05, 0) is 57.8 Å². The zero-order valence-electron chi connectivity index (χ0n) is 39.5. The molecular formula is C55H101NO3. The molecule has 0 aromatic carbocycles. The fourth-order valence-corrected chi connectivity index (χ4v) is 7.82. The Morgan fingerprint density at radius 1 is 0.424 bits per heavy atom. The molecule has 0 heterocycles. The number of carbonyl (C=O) groups is 1. The summed E-state index contributed by atoms with van der Waals surface area (Å²) in [5.74, 6) is -0.0624. The van der Waals surface area contributed by atoms with Crippen LogP contribution in [-0.2, 0) is 4.79 Å². The van der Waals surface area contributed by atoms with Gasteiger partial charge in [0.15, 0.2) is 0 Å². The van der Waals surface area contributed by atoms with Crippen LogP contribution in [0.2, 0.25) is 0 Å². The van der Waals surface area contributed by atoms with E-state index < -0.39 is 12.1 Å². The molecule has 0 saturated carbocycles. The van der Waals surface area contributed by atoms with Crippen LogP contribution < -0.4 is 5.32 Å². The summed E-state index contributed by atoms with van der Waals surface area (Å²) in [6, 6.07) is -0.620. The number of carbonyl (C=O) groups excluding carboxylic acids is 1. The van der Waals surface area contributed by atoms with Crippen LogP contribution in [0.4, 0.5) is 0 Å². The van der Waals surface area contributed by atoms with Gasteiger partial charge in [0.05, 0.1) is 18.8 Å². The highest BCUT2D eigenvalue weighted by atomic mass is 16.3. The Balaban J connectivity index is 3.42. The summed E-state index contributed by atoms with van der Waals surface area (Å²) in [7, 11) is 0. The number of aliphatic hydroxyl groups excluding tert-OH is 2. The lowest BCUT2D eigenvalue weighted by Crippen LogP contribution is -2.45. The van der Waals surface area contributed by atoms with Crippen molar-refractivity contribution in [3.05, 3.63) is 60.8 Å². The molecular weight excluding hydrogens is 723 g/mol. The minimum absolute atomic E-state index is 0.0624. The van der Waals surface area contributed by atoms with Gasteiger partial charge in [-0.15, -0.1) is 0 Å². The molecule has 1 amide bonds. The van der Waals surface area contributed by atoms with Crippen molar-refractivity contribution in [2.45, 2.75) is 276 Å². The van der Waals surface area contributed by atoms with Gasteiger partial charge in [-0.2, -0.15) is 0 Å². The molecule has 0 saturated heterocycles. The largest absolute Gasteiger partial charge is 0.394 e. The van der Waals surface area contributed by atoms with Gasteiger partial charge in [0.2, 0.25) is 5.91 Å². The molecule has 3 N–H and O–H groups in total. The Hall–Kier alpha value is -1.91. The molecule has 0 aromatic rings. The average molecular weight is 824 g/mol. The van der Waals surface area contributed by atoms with Crippen LogP contribution in [-0.4, -0.2) is 34.9 Å². The number of hydrogen-bond donors (Lipinski definition) is 3. The van der Waals surface area contributed by atoms with Gasteiger partial charge in [-0.25, -0.2) is 0 Å². The third kappa shape index (κ3) is 47.0. The third-order valence-electron chi connectivity index (χ3n) is 11.8. The molecule has 0 aliphatic carbocycles. The van der Waals surface area contributed by atoms with Crippen molar-refractivity contribution in [3.8, 4) is 0 Å². The summed E-state index contributed by atoms with van der Waals surface area (Å²) < 4.78 is 0. The normalized spacial score (nSPS) is 13.4. The van der Waals surface area contributed by atoms with E-state index in [0.717, 1.165) is 51.4 Å². The highest BCUT2D eigenvalue weighted by Crippen LogP contribution is 2.16. The SMILES string of the molecule is CC/C=C\C/C=C\C/C=C\C/C=C\CCCCCCCCCCCCCCCCCCCCCCCCC(=O)NC(CO)C(O)/C=C/CCCCCCCCCCCC. The Morgan fingerprint density at radius 2 is 0.746 bits per heavy atom. The van der Waals surface area contributed by atoms with E-state index in [0.29, 0.717) is 6.42 Å². The lowest BCUT2D eigenvalue weighted by atomic mass is 10.0. The van der Waals surface area contributed by atoms with E-state index in [1.54, 1.807) is 6.08 Å². The maximum Gasteiger partial charge on any atom is 0.220 e. The van der Waals surface area contributed by atoms with Crippen LogP contribution in [0.15, 0.2) is 60.8 Å². The molecule has 59 heavy (non-hydrogen) atoms. The Kier molecular flexibility index (Phi) is 48.8. The Bertz CT molecular complexity index is 981. The number of hydrogen-bond acceptors (Lipinski definition) is 3. The molecule has 0 aromatic heterocycles. The number of unbranched alkanes of at least 4 members (excludes halogenated alkanes) is 32. The van der Waals surface area contributed by atoms with Crippen LogP contribution >= 0.6 is 0 Å². The molecule has 0 fully saturated rings. The van der Waals surface area contributed by atoms with Crippen LogP contribution in [0.25, 0.3) is 0 Å². The first-order chi connectivity index (χ1) is 29.2. The van der Waals surface area contributed by atoms with Gasteiger partial charge >= 0.3 is 0 Å². The van der Waals surface area contributed by atoms with Crippen molar-refractivity contribution in [2.24, 2.45) is 0 Å². The number of aliphatic hydroxyl groups is 2. The first-order valence-corrected chi connectivity index (χ1v) is 26.0. The van der Waals surface area contributed by atoms with Crippen LogP contribution in [0, 0.1) is 0 Å². The van der Waals surface area contributed by atoms with E-state index in [-0.39, 0.29) is 12.5 Å². The van der Waals surface area contributed by atoms with Crippen molar-refractivity contribution < 1.29 is 15.0 Å². The van der Waals surface area contributed by atoms with Gasteiger partial charge in [-0.3, -0.25) is 4.79 Å². The fourth-order valence-electron chi connectivity index (χ4n) is 7.82. The Labute approximate surface area is 368 Å². The van der Waals surface area contributed by atoms with E-state index in [9.17, 15) is 15.0 Å². The second-order valence-electron chi connectivity index (χ2n) is 17.6. The minimum Gasteiger partial charge on any atom is -0.394 e. The van der Waals surface area contributed by atoms with Crippen molar-refractivity contribution in [1.29, 1.82) is 0 Å². The molecule has 0 bridgehead atoms. The predicted molar refractivity (Wildman–Crippen MR) is 262 cm³/mol. The number of amides is 1. The van der Waals surface area contributed by atoms with E-state index >= 15 is 0 Å². The number of rotatable bonds is 47. The van der Waals surface area contributed by atoms with Gasteiger partial charge in [-0.1, -0.05) is 261 Å². The highest BCUT2D eigenvalue weighted by Gasteiger charge is 2.18.